The molecule has 2 aliphatic carbocycles. The van der Waals surface area contributed by atoms with E-state index in [9.17, 15) is 30.3 Å². The molecule has 440 valence electrons. The number of β-amino-alcohol motifs (C(OH)–C–C–N with tert-alkyl or cyclic N) is 1. The van der Waals surface area contributed by atoms with Gasteiger partial charge in [0, 0.05) is 67.6 Å². The molecule has 0 unspecified atom stereocenters. The summed E-state index contributed by atoms with van der Waals surface area (Å²) in [6.45, 7) is 13.6. The molecule has 3 aromatic rings. The van der Waals surface area contributed by atoms with Gasteiger partial charge in [-0.15, -0.1) is 0 Å². The molecule has 13 N–H and O–H groups in total. The first kappa shape index (κ1) is 60.9. The largest absolute Gasteiger partial charge is 0.508 e. The number of ketones is 1. The van der Waals surface area contributed by atoms with Crippen molar-refractivity contribution in [3.8, 4) is 29.6 Å². The van der Waals surface area contributed by atoms with E-state index in [1.54, 1.807) is 12.1 Å². The Labute approximate surface area is 489 Å². The SMILES string of the molecule is C=C1/C=C/C=C(\[C@H]2CC[C@@]3([C@@H]4CC[C@@H](O)Cc5cccc(c5)C[C@@H]5[C@@H](c6ccc(O)cc6)CNC(N)=NC#CC[C@]5(O)CN[C@H]5C(=O)N[C@H](N)c6cccc(c65)CC(=O)C(C)=C4CC[C@@]3(C)O)[C@@H]2O)COCC#CC/C(C)=C/C[C@@H]1NCC. The van der Waals surface area contributed by atoms with Crippen molar-refractivity contribution in [1.29, 1.82) is 0 Å². The molecule has 1 spiro atoms. The molecule has 4 aliphatic heterocycles. The van der Waals surface area contributed by atoms with Crippen molar-refractivity contribution in [3.05, 3.63) is 159 Å². The molecule has 2 saturated carbocycles. The van der Waals surface area contributed by atoms with Gasteiger partial charge in [0.05, 0.1) is 30.0 Å². The molecule has 2 fully saturated rings. The Morgan fingerprint density at radius 3 is 2.51 bits per heavy atom. The zero-order chi connectivity index (χ0) is 59.1. The summed E-state index contributed by atoms with van der Waals surface area (Å²) >= 11 is 0. The lowest BCUT2D eigenvalue weighted by Gasteiger charge is -2.56. The number of aliphatic hydroxyl groups is 4. The van der Waals surface area contributed by atoms with E-state index in [4.69, 9.17) is 16.2 Å². The second-order valence-electron chi connectivity index (χ2n) is 24.2. The van der Waals surface area contributed by atoms with Gasteiger partial charge in [-0.2, -0.15) is 4.99 Å². The fraction of sp³-hybridized carbons (Fsp3) is 0.485. The number of amides is 1. The lowest BCUT2D eigenvalue weighted by Crippen LogP contribution is -2.59. The predicted octanol–water partition coefficient (Wildman–Crippen LogP) is 6.57. The number of ether oxygens (including phenoxy) is 1. The van der Waals surface area contributed by atoms with Crippen LogP contribution in [0.1, 0.15) is 137 Å². The number of fused-ring (bicyclic) bond motifs is 5. The van der Waals surface area contributed by atoms with Crippen LogP contribution in [0, 0.1) is 47.0 Å². The molecule has 0 aromatic heterocycles. The highest BCUT2D eigenvalue weighted by Gasteiger charge is 2.64. The molecule has 1 amide bonds. The van der Waals surface area contributed by atoms with E-state index in [1.807, 2.05) is 80.6 Å². The minimum Gasteiger partial charge on any atom is -0.508 e. The maximum Gasteiger partial charge on any atom is 0.243 e. The number of hydrogen-bond donors (Lipinski definition) is 11. The standard InChI is InChI=1S/C68H85N7O8/c1-6-71-58-27-20-42(2)13-7-8-34-83-40-49(18-9-14-43(58)3)53-29-32-68(62(53)79)56-26-25-51(77)36-45-15-10-16-46(35-45)37-57-55(47-21-23-50(76)24-22-47)39-73-65(70)72-33-12-30-67(57,82)41-74-61-60-48(17-11-19-54(60)63(69)75-64(61)80)38-59(78)44(4)52(56)28-31-66(68,5)81/h9-11,14-24,35,51,53,55-58,61-63,71,74,76-77,79,81-82H,3,6,13,25-32,34,36-41,69H2,1-2,4-5H3,(H,75,80)(H3,70,72,73)/b14-9+,42-20+,49-18-,52-44?/t51-,53-,55-,56-,57-,58+,61-,62-,63+,66-,67+,68-/m1/s1. The van der Waals surface area contributed by atoms with Gasteiger partial charge in [0.2, 0.25) is 11.9 Å². The quantitative estimate of drug-likeness (QED) is 0.0978. The van der Waals surface area contributed by atoms with Crippen LogP contribution in [0.15, 0.2) is 130 Å². The van der Waals surface area contributed by atoms with Crippen molar-refractivity contribution < 1.29 is 39.9 Å². The molecular weight excluding hydrogens is 1040 g/mol. The average Bonchev–Trinajstić information content (AvgIpc) is 2.20. The van der Waals surface area contributed by atoms with Gasteiger partial charge in [0.1, 0.15) is 24.6 Å². The zero-order valence-corrected chi connectivity index (χ0v) is 48.6. The third-order valence-corrected chi connectivity index (χ3v) is 19.0. The van der Waals surface area contributed by atoms with Gasteiger partial charge in [-0.05, 0) is 153 Å². The predicted molar refractivity (Wildman–Crippen MR) is 324 cm³/mol. The van der Waals surface area contributed by atoms with Crippen molar-refractivity contribution in [2.45, 2.75) is 152 Å². The Hall–Kier alpha value is -6.63. The van der Waals surface area contributed by atoms with E-state index in [0.717, 1.165) is 46.4 Å². The summed E-state index contributed by atoms with van der Waals surface area (Å²) in [6.07, 6.45) is 9.65. The van der Waals surface area contributed by atoms with Gasteiger partial charge in [-0.25, -0.2) is 0 Å². The number of rotatable bonds is 4. The van der Waals surface area contributed by atoms with Crippen molar-refractivity contribution in [3.63, 3.8) is 0 Å². The molecule has 3 aromatic carbocycles. The number of carbonyl (C=O) groups excluding carboxylic acids is 2. The third-order valence-electron chi connectivity index (χ3n) is 19.0. The molecule has 6 aliphatic rings. The Kier molecular flexibility index (Phi) is 19.5. The maximum atomic E-state index is 15.3. The van der Waals surface area contributed by atoms with Crippen molar-refractivity contribution in [1.82, 2.24) is 21.3 Å². The monoisotopic (exact) mass is 1130 g/mol. The number of hydrogen-bond acceptors (Lipinski definition) is 14. The van der Waals surface area contributed by atoms with Gasteiger partial charge in [-0.1, -0.05) is 121 Å². The fourth-order valence-corrected chi connectivity index (χ4v) is 14.4. The van der Waals surface area contributed by atoms with Gasteiger partial charge < -0.3 is 57.7 Å². The lowest BCUT2D eigenvalue weighted by molar-refractivity contribution is -0.168. The Morgan fingerprint density at radius 2 is 1.72 bits per heavy atom. The first-order valence-corrected chi connectivity index (χ1v) is 29.7. The number of phenols is 1. The summed E-state index contributed by atoms with van der Waals surface area (Å²) in [5, 5.41) is 75.5. The third kappa shape index (κ3) is 13.5. The zero-order valence-electron chi connectivity index (χ0n) is 48.6. The van der Waals surface area contributed by atoms with Crippen LogP contribution in [-0.4, -0.2) is 105 Å². The highest BCUT2D eigenvalue weighted by molar-refractivity contribution is 5.98. The van der Waals surface area contributed by atoms with Crippen molar-refractivity contribution in [2.24, 2.45) is 39.6 Å². The summed E-state index contributed by atoms with van der Waals surface area (Å²) in [4.78, 5) is 34.0. The molecule has 4 heterocycles. The summed E-state index contributed by atoms with van der Waals surface area (Å²) in [6, 6.07) is 22.1. The summed E-state index contributed by atoms with van der Waals surface area (Å²) in [5.41, 5.74) is 17.5. The number of carbonyl (C=O) groups is 2. The second-order valence-corrected chi connectivity index (χ2v) is 24.2. The summed E-state index contributed by atoms with van der Waals surface area (Å²) < 4.78 is 6.26. The first-order chi connectivity index (χ1) is 39.8. The molecule has 15 nitrogen and oxygen atoms in total. The highest BCUT2D eigenvalue weighted by atomic mass is 16.5. The minimum atomic E-state index is -1.64. The average molecular weight is 1130 g/mol. The number of allylic oxidation sites excluding steroid dienone is 5. The fourth-order valence-electron chi connectivity index (χ4n) is 14.4. The molecule has 9 rings (SSSR count). The normalized spacial score (nSPS) is 34.0. The van der Waals surface area contributed by atoms with E-state index < -0.39 is 70.6 Å². The van der Waals surface area contributed by atoms with E-state index in [1.165, 1.54) is 5.57 Å². The van der Waals surface area contributed by atoms with Crippen LogP contribution in [-0.2, 0) is 33.6 Å². The number of guanidine groups is 1. The minimum absolute atomic E-state index is 0.0249. The summed E-state index contributed by atoms with van der Waals surface area (Å²) in [5.74, 6) is 7.09. The van der Waals surface area contributed by atoms with Crippen LogP contribution in [0.4, 0.5) is 0 Å². The van der Waals surface area contributed by atoms with Crippen molar-refractivity contribution in [2.75, 3.05) is 32.8 Å². The van der Waals surface area contributed by atoms with Gasteiger partial charge in [-0.3, -0.25) is 14.9 Å². The Bertz CT molecular complexity index is 3190. The Morgan fingerprint density at radius 1 is 0.952 bits per heavy atom. The number of benzene rings is 3. The van der Waals surface area contributed by atoms with Crippen LogP contribution in [0.25, 0.3) is 0 Å². The molecule has 15 heteroatoms. The second kappa shape index (κ2) is 26.5. The van der Waals surface area contributed by atoms with Gasteiger partial charge in [0.25, 0.3) is 0 Å². The van der Waals surface area contributed by atoms with Gasteiger partial charge >= 0.3 is 0 Å². The number of aliphatic imine (C=N–C) groups is 1. The van der Waals surface area contributed by atoms with E-state index in [2.05, 4.69) is 82.6 Å². The number of nitrogens with two attached hydrogens (primary N) is 2. The molecule has 83 heavy (non-hydrogen) atoms. The first-order valence-electron chi connectivity index (χ1n) is 29.7. The van der Waals surface area contributed by atoms with Crippen LogP contribution >= 0.6 is 0 Å². The molecule has 2 bridgehead atoms. The topological polar surface area (TPSA) is 257 Å². The molecule has 0 radical (unpaired) electrons. The molecular formula is C68H85N7O8. The maximum absolute atomic E-state index is 15.3. The molecule has 12 atom stereocenters. The smallest absolute Gasteiger partial charge is 0.243 e. The highest BCUT2D eigenvalue weighted by Crippen LogP contribution is 2.63. The number of aromatic hydroxyl groups is 1. The van der Waals surface area contributed by atoms with E-state index in [-0.39, 0.29) is 69.1 Å². The number of nitrogens with zero attached hydrogens (tertiary/aromatic N) is 1. The Balaban J connectivity index is 1.13. The van der Waals surface area contributed by atoms with Crippen LogP contribution < -0.4 is 32.7 Å². The van der Waals surface area contributed by atoms with Crippen LogP contribution in [0.5, 0.6) is 5.75 Å². The van der Waals surface area contributed by atoms with E-state index >= 15 is 4.79 Å². The van der Waals surface area contributed by atoms with E-state index in [0.29, 0.717) is 73.6 Å². The van der Waals surface area contributed by atoms with Crippen LogP contribution in [0.2, 0.25) is 0 Å². The number of aliphatic hydroxyl groups excluding tert-OH is 2. The summed E-state index contributed by atoms with van der Waals surface area (Å²) in [7, 11) is 0. The van der Waals surface area contributed by atoms with Crippen LogP contribution in [0.3, 0.4) is 0 Å². The number of Topliss-reactive ketones (excluding diaryl/α,β-unsaturated/α-hetero) is 1. The molecule has 0 saturated heterocycles. The lowest BCUT2D eigenvalue weighted by atomic mass is 9.52. The van der Waals surface area contributed by atoms with Gasteiger partial charge in [0.15, 0.2) is 5.78 Å². The number of nitrogens with one attached hydrogen (secondary N) is 4. The van der Waals surface area contributed by atoms with Crippen molar-refractivity contribution >= 4 is 17.6 Å². The number of likely N-dealkylation sites (N-methyl/N-ethyl adjacent to an activating group) is 1. The number of phenolic OH excluding ortho intramolecular Hbond substituents is 1.